The molecule has 10 heteroatoms. The van der Waals surface area contributed by atoms with Crippen molar-refractivity contribution in [2.45, 2.75) is 32.1 Å². The lowest BCUT2D eigenvalue weighted by atomic mass is 9.99. The number of hydrogen-bond donors (Lipinski definition) is 2. The average Bonchev–Trinajstić information content (AvgIpc) is 3.33. The molecule has 2 heterocycles. The molecule has 3 N–H and O–H groups in total. The highest BCUT2D eigenvalue weighted by molar-refractivity contribution is 5.99. The average molecular weight is 366 g/mol. The predicted octanol–water partition coefficient (Wildman–Crippen LogP) is 1.95. The van der Waals surface area contributed by atoms with E-state index in [1.54, 1.807) is 0 Å². The highest BCUT2D eigenvalue weighted by Crippen LogP contribution is 2.24. The van der Waals surface area contributed by atoms with Gasteiger partial charge >= 0.3 is 0 Å². The van der Waals surface area contributed by atoms with Gasteiger partial charge in [0, 0.05) is 11.3 Å². The second kappa shape index (κ2) is 7.36. The molecule has 10 nitrogen and oxygen atoms in total. The normalized spacial score (nSPS) is 14.1. The molecule has 1 aliphatic rings. The standard InChI is InChI=1S/C17H18N8O2/c18-15-16(23-27-22-15)25-14(13(20-24-25)11-7-3-1-4-8-11)17(26)21-19-12-9-5-2-6-10-12/h1,3-4,7-8H,2,5-6,9-10H2,(H2,18,22)(H,21,26). The number of carbonyl (C=O) groups is 1. The SMILES string of the molecule is Nc1nonc1-n1nnc(-c2ccccc2)c1C(=O)NN=C1CCCCC1. The van der Waals surface area contributed by atoms with E-state index < -0.39 is 5.91 Å². The van der Waals surface area contributed by atoms with Crippen molar-refractivity contribution < 1.29 is 9.42 Å². The minimum atomic E-state index is -0.459. The second-order valence-corrected chi connectivity index (χ2v) is 6.22. The number of aromatic nitrogens is 5. The first kappa shape index (κ1) is 16.9. The Bertz CT molecular complexity index is 968. The van der Waals surface area contributed by atoms with Crippen LogP contribution in [0.25, 0.3) is 17.1 Å². The molecule has 1 fully saturated rings. The monoisotopic (exact) mass is 366 g/mol. The predicted molar refractivity (Wildman–Crippen MR) is 97.0 cm³/mol. The number of nitrogens with zero attached hydrogens (tertiary/aromatic N) is 6. The molecular formula is C17H18N8O2. The van der Waals surface area contributed by atoms with Gasteiger partial charge in [-0.25, -0.2) is 10.1 Å². The Hall–Kier alpha value is -3.56. The molecule has 138 valence electrons. The van der Waals surface area contributed by atoms with Crippen molar-refractivity contribution in [2.75, 3.05) is 5.73 Å². The Balaban J connectivity index is 1.73. The van der Waals surface area contributed by atoms with Crippen LogP contribution in [0.2, 0.25) is 0 Å². The Morgan fingerprint density at radius 3 is 2.63 bits per heavy atom. The van der Waals surface area contributed by atoms with Gasteiger partial charge in [0.05, 0.1) is 0 Å². The molecule has 1 aliphatic carbocycles. The molecule has 0 bridgehead atoms. The molecule has 0 spiro atoms. The topological polar surface area (TPSA) is 137 Å². The molecule has 0 unspecified atom stereocenters. The summed E-state index contributed by atoms with van der Waals surface area (Å²) in [4.78, 5) is 12.9. The van der Waals surface area contributed by atoms with Crippen LogP contribution in [0.1, 0.15) is 42.6 Å². The molecule has 1 saturated carbocycles. The van der Waals surface area contributed by atoms with Crippen molar-refractivity contribution in [3.05, 3.63) is 36.0 Å². The first-order chi connectivity index (χ1) is 13.2. The van der Waals surface area contributed by atoms with Crippen molar-refractivity contribution in [1.29, 1.82) is 0 Å². The minimum Gasteiger partial charge on any atom is -0.378 e. The number of anilines is 1. The Kier molecular flexibility index (Phi) is 4.60. The van der Waals surface area contributed by atoms with Crippen LogP contribution < -0.4 is 11.2 Å². The van der Waals surface area contributed by atoms with Crippen LogP contribution in [-0.2, 0) is 0 Å². The lowest BCUT2D eigenvalue weighted by Gasteiger charge is -2.12. The molecule has 27 heavy (non-hydrogen) atoms. The summed E-state index contributed by atoms with van der Waals surface area (Å²) < 4.78 is 5.84. The fourth-order valence-electron chi connectivity index (χ4n) is 3.02. The van der Waals surface area contributed by atoms with Crippen molar-refractivity contribution in [3.8, 4) is 17.1 Å². The van der Waals surface area contributed by atoms with Crippen LogP contribution in [0.5, 0.6) is 0 Å². The van der Waals surface area contributed by atoms with Crippen molar-refractivity contribution in [2.24, 2.45) is 5.10 Å². The lowest BCUT2D eigenvalue weighted by molar-refractivity contribution is 0.0947. The summed E-state index contributed by atoms with van der Waals surface area (Å²) in [6.07, 6.45) is 5.16. The molecule has 1 aromatic carbocycles. The third kappa shape index (κ3) is 3.41. The third-order valence-electron chi connectivity index (χ3n) is 4.38. The van der Waals surface area contributed by atoms with E-state index in [4.69, 9.17) is 5.73 Å². The van der Waals surface area contributed by atoms with Gasteiger partial charge in [0.2, 0.25) is 11.6 Å². The van der Waals surface area contributed by atoms with Gasteiger partial charge in [-0.3, -0.25) is 4.79 Å². The maximum absolute atomic E-state index is 12.9. The number of amides is 1. The van der Waals surface area contributed by atoms with Gasteiger partial charge in [-0.05, 0) is 36.0 Å². The highest BCUT2D eigenvalue weighted by Gasteiger charge is 2.26. The van der Waals surface area contributed by atoms with Crippen LogP contribution in [0.4, 0.5) is 5.82 Å². The molecular weight excluding hydrogens is 348 g/mol. The largest absolute Gasteiger partial charge is 0.378 e. The second-order valence-electron chi connectivity index (χ2n) is 6.22. The van der Waals surface area contributed by atoms with Gasteiger partial charge in [0.15, 0.2) is 5.69 Å². The van der Waals surface area contributed by atoms with Crippen LogP contribution in [0.15, 0.2) is 40.1 Å². The van der Waals surface area contributed by atoms with E-state index in [1.807, 2.05) is 30.3 Å². The van der Waals surface area contributed by atoms with E-state index in [1.165, 1.54) is 11.1 Å². The first-order valence-electron chi connectivity index (χ1n) is 8.69. The van der Waals surface area contributed by atoms with E-state index in [0.29, 0.717) is 5.69 Å². The van der Waals surface area contributed by atoms with Crippen molar-refractivity contribution in [1.82, 2.24) is 30.7 Å². The first-order valence-corrected chi connectivity index (χ1v) is 8.69. The molecule has 0 saturated heterocycles. The highest BCUT2D eigenvalue weighted by atomic mass is 16.6. The summed E-state index contributed by atoms with van der Waals surface area (Å²) in [5, 5.41) is 19.7. The molecule has 2 aromatic heterocycles. The summed E-state index contributed by atoms with van der Waals surface area (Å²) in [5.41, 5.74) is 10.6. The van der Waals surface area contributed by atoms with Gasteiger partial charge in [-0.1, -0.05) is 42.0 Å². The Labute approximate surface area is 154 Å². The molecule has 0 aliphatic heterocycles. The van der Waals surface area contributed by atoms with Crippen LogP contribution in [0.3, 0.4) is 0 Å². The molecule has 0 radical (unpaired) electrons. The van der Waals surface area contributed by atoms with Gasteiger partial charge < -0.3 is 5.73 Å². The minimum absolute atomic E-state index is 0.00663. The van der Waals surface area contributed by atoms with Crippen LogP contribution in [-0.4, -0.2) is 36.9 Å². The molecule has 4 rings (SSSR count). The van der Waals surface area contributed by atoms with Crippen LogP contribution >= 0.6 is 0 Å². The summed E-state index contributed by atoms with van der Waals surface area (Å²) in [7, 11) is 0. The van der Waals surface area contributed by atoms with E-state index in [0.717, 1.165) is 37.0 Å². The molecule has 0 atom stereocenters. The lowest BCUT2D eigenvalue weighted by Crippen LogP contribution is -2.24. The number of rotatable bonds is 4. The quantitative estimate of drug-likeness (QED) is 0.673. The summed E-state index contributed by atoms with van der Waals surface area (Å²) in [6.45, 7) is 0. The number of benzene rings is 1. The maximum Gasteiger partial charge on any atom is 0.292 e. The van der Waals surface area contributed by atoms with E-state index in [-0.39, 0.29) is 17.3 Å². The van der Waals surface area contributed by atoms with E-state index in [9.17, 15) is 4.79 Å². The number of nitrogen functional groups attached to an aromatic ring is 1. The number of nitrogens with one attached hydrogen (secondary N) is 1. The zero-order valence-electron chi connectivity index (χ0n) is 14.5. The maximum atomic E-state index is 12.9. The van der Waals surface area contributed by atoms with E-state index >= 15 is 0 Å². The van der Waals surface area contributed by atoms with E-state index in [2.05, 4.69) is 35.8 Å². The smallest absolute Gasteiger partial charge is 0.292 e. The van der Waals surface area contributed by atoms with Crippen LogP contribution in [0, 0.1) is 0 Å². The number of nitrogens with two attached hydrogens (primary N) is 1. The zero-order valence-corrected chi connectivity index (χ0v) is 14.5. The van der Waals surface area contributed by atoms with Gasteiger partial charge in [0.1, 0.15) is 5.69 Å². The molecule has 1 amide bonds. The van der Waals surface area contributed by atoms with Gasteiger partial charge in [-0.2, -0.15) is 9.78 Å². The molecule has 3 aromatic rings. The van der Waals surface area contributed by atoms with Crippen molar-refractivity contribution >= 4 is 17.4 Å². The van der Waals surface area contributed by atoms with Gasteiger partial charge in [-0.15, -0.1) is 5.10 Å². The van der Waals surface area contributed by atoms with Crippen molar-refractivity contribution in [3.63, 3.8) is 0 Å². The number of carbonyl (C=O) groups excluding carboxylic acids is 1. The summed E-state index contributed by atoms with van der Waals surface area (Å²) >= 11 is 0. The fourth-order valence-corrected chi connectivity index (χ4v) is 3.02. The number of hydrazone groups is 1. The summed E-state index contributed by atoms with van der Waals surface area (Å²) in [6, 6.07) is 9.25. The Morgan fingerprint density at radius 1 is 1.15 bits per heavy atom. The Morgan fingerprint density at radius 2 is 1.93 bits per heavy atom. The zero-order chi connectivity index (χ0) is 18.6. The third-order valence-corrected chi connectivity index (χ3v) is 4.38. The van der Waals surface area contributed by atoms with Gasteiger partial charge in [0.25, 0.3) is 5.91 Å². The summed E-state index contributed by atoms with van der Waals surface area (Å²) in [5.74, 6) is -0.355. The number of hydrogen-bond acceptors (Lipinski definition) is 8. The fraction of sp³-hybridized carbons (Fsp3) is 0.294.